The molecule has 2 nitrogen and oxygen atoms in total. The van der Waals surface area contributed by atoms with Gasteiger partial charge in [-0.15, -0.1) is 0 Å². The van der Waals surface area contributed by atoms with Crippen LogP contribution in [0.25, 0.3) is 0 Å². The Kier molecular flexibility index (Phi) is 3.17. The van der Waals surface area contributed by atoms with E-state index in [0.29, 0.717) is 11.5 Å². The first-order valence-corrected chi connectivity index (χ1v) is 6.31. The largest absolute Gasteiger partial charge is 0.496 e. The monoisotopic (exact) mass is 233 g/mol. The standard InChI is InChI=1S/C15H23NO/c1-10-8-11(6-7-13(10)17-5)14(16-4)12-9-15(12,2)3/h6-8,12,14,16H,9H2,1-5H3. The van der Waals surface area contributed by atoms with Crippen LogP contribution in [0.3, 0.4) is 0 Å². The van der Waals surface area contributed by atoms with Gasteiger partial charge in [-0.3, -0.25) is 0 Å². The average Bonchev–Trinajstić information content (AvgIpc) is 2.89. The highest BCUT2D eigenvalue weighted by molar-refractivity contribution is 5.38. The zero-order valence-corrected chi connectivity index (χ0v) is 11.5. The van der Waals surface area contributed by atoms with Gasteiger partial charge in [0.2, 0.25) is 0 Å². The van der Waals surface area contributed by atoms with Crippen LogP contribution >= 0.6 is 0 Å². The van der Waals surface area contributed by atoms with E-state index in [4.69, 9.17) is 4.74 Å². The molecule has 0 saturated heterocycles. The second-order valence-electron chi connectivity index (χ2n) is 5.79. The van der Waals surface area contributed by atoms with Crippen LogP contribution in [-0.2, 0) is 0 Å². The lowest BCUT2D eigenvalue weighted by molar-refractivity contribution is 0.409. The van der Waals surface area contributed by atoms with Crippen molar-refractivity contribution in [3.8, 4) is 5.75 Å². The molecule has 94 valence electrons. The van der Waals surface area contributed by atoms with E-state index < -0.39 is 0 Å². The highest BCUT2D eigenvalue weighted by Gasteiger charge is 2.50. The van der Waals surface area contributed by atoms with Gasteiger partial charge in [-0.25, -0.2) is 0 Å². The molecule has 2 atom stereocenters. The third-order valence-corrected chi connectivity index (χ3v) is 4.08. The van der Waals surface area contributed by atoms with Crippen LogP contribution in [0, 0.1) is 18.3 Å². The molecule has 1 aliphatic rings. The highest BCUT2D eigenvalue weighted by Crippen LogP contribution is 2.57. The van der Waals surface area contributed by atoms with Crippen molar-refractivity contribution in [1.82, 2.24) is 5.32 Å². The molecule has 2 heteroatoms. The fourth-order valence-electron chi connectivity index (χ4n) is 2.77. The van der Waals surface area contributed by atoms with Gasteiger partial charge in [0.15, 0.2) is 0 Å². The van der Waals surface area contributed by atoms with Crippen LogP contribution < -0.4 is 10.1 Å². The summed E-state index contributed by atoms with van der Waals surface area (Å²) >= 11 is 0. The van der Waals surface area contributed by atoms with E-state index in [1.54, 1.807) is 7.11 Å². The molecular weight excluding hydrogens is 210 g/mol. The van der Waals surface area contributed by atoms with Crippen LogP contribution in [0.2, 0.25) is 0 Å². The van der Waals surface area contributed by atoms with Crippen LogP contribution in [0.15, 0.2) is 18.2 Å². The quantitative estimate of drug-likeness (QED) is 0.861. The fraction of sp³-hybridized carbons (Fsp3) is 0.600. The lowest BCUT2D eigenvalue weighted by Gasteiger charge is -2.19. The summed E-state index contributed by atoms with van der Waals surface area (Å²) in [5.74, 6) is 1.72. The predicted octanol–water partition coefficient (Wildman–Crippen LogP) is 3.31. The Bertz CT molecular complexity index is 411. The molecule has 1 saturated carbocycles. The molecule has 0 bridgehead atoms. The van der Waals surface area contributed by atoms with Gasteiger partial charge in [0.1, 0.15) is 5.75 Å². The molecule has 0 radical (unpaired) electrons. The second-order valence-corrected chi connectivity index (χ2v) is 5.79. The van der Waals surface area contributed by atoms with Crippen LogP contribution in [0.5, 0.6) is 5.75 Å². The third kappa shape index (κ3) is 2.32. The first-order valence-electron chi connectivity index (χ1n) is 6.31. The number of nitrogens with one attached hydrogen (secondary N) is 1. The van der Waals surface area contributed by atoms with E-state index in [1.807, 2.05) is 0 Å². The van der Waals surface area contributed by atoms with Gasteiger partial charge < -0.3 is 10.1 Å². The van der Waals surface area contributed by atoms with Crippen molar-refractivity contribution in [3.63, 3.8) is 0 Å². The Morgan fingerprint density at radius 2 is 2.06 bits per heavy atom. The van der Waals surface area contributed by atoms with Gasteiger partial charge in [0, 0.05) is 6.04 Å². The molecule has 1 fully saturated rings. The zero-order valence-electron chi connectivity index (χ0n) is 11.5. The molecule has 0 aromatic heterocycles. The lowest BCUT2D eigenvalue weighted by Crippen LogP contribution is -2.20. The Balaban J connectivity index is 2.23. The molecule has 1 aromatic rings. The minimum absolute atomic E-state index is 0.467. The number of ether oxygens (including phenoxy) is 1. The van der Waals surface area contributed by atoms with E-state index in [9.17, 15) is 0 Å². The van der Waals surface area contributed by atoms with Gasteiger partial charge in [0.05, 0.1) is 7.11 Å². The summed E-state index contributed by atoms with van der Waals surface area (Å²) in [6.07, 6.45) is 1.31. The van der Waals surface area contributed by atoms with Gasteiger partial charge in [-0.1, -0.05) is 26.0 Å². The molecule has 17 heavy (non-hydrogen) atoms. The van der Waals surface area contributed by atoms with E-state index in [1.165, 1.54) is 17.5 Å². The molecule has 0 heterocycles. The van der Waals surface area contributed by atoms with Crippen molar-refractivity contribution < 1.29 is 4.74 Å². The van der Waals surface area contributed by atoms with E-state index in [2.05, 4.69) is 51.3 Å². The summed E-state index contributed by atoms with van der Waals surface area (Å²) < 4.78 is 5.31. The summed E-state index contributed by atoms with van der Waals surface area (Å²) in [5.41, 5.74) is 3.08. The number of rotatable bonds is 4. The van der Waals surface area contributed by atoms with Gasteiger partial charge in [-0.05, 0) is 48.9 Å². The molecule has 0 aliphatic heterocycles. The van der Waals surface area contributed by atoms with Crippen LogP contribution in [-0.4, -0.2) is 14.2 Å². The molecule has 0 spiro atoms. The summed E-state index contributed by atoms with van der Waals surface area (Å²) in [6.45, 7) is 6.80. The van der Waals surface area contributed by atoms with E-state index in [0.717, 1.165) is 11.7 Å². The molecule has 0 amide bonds. The number of aryl methyl sites for hydroxylation is 1. The number of benzene rings is 1. The topological polar surface area (TPSA) is 21.3 Å². The van der Waals surface area contributed by atoms with E-state index >= 15 is 0 Å². The molecular formula is C15H23NO. The molecule has 1 N–H and O–H groups in total. The summed E-state index contributed by atoms with van der Waals surface area (Å²) in [7, 11) is 3.78. The zero-order chi connectivity index (χ0) is 12.6. The normalized spacial score (nSPS) is 23.2. The van der Waals surface area contributed by atoms with Gasteiger partial charge in [-0.2, -0.15) is 0 Å². The first kappa shape index (κ1) is 12.4. The number of hydrogen-bond donors (Lipinski definition) is 1. The van der Waals surface area contributed by atoms with Crippen molar-refractivity contribution >= 4 is 0 Å². The van der Waals surface area contributed by atoms with E-state index in [-0.39, 0.29) is 0 Å². The fourth-order valence-corrected chi connectivity index (χ4v) is 2.77. The molecule has 2 unspecified atom stereocenters. The number of hydrogen-bond acceptors (Lipinski definition) is 2. The maximum absolute atomic E-state index is 5.31. The highest BCUT2D eigenvalue weighted by atomic mass is 16.5. The Morgan fingerprint density at radius 1 is 1.41 bits per heavy atom. The summed E-state index contributed by atoms with van der Waals surface area (Å²) in [6, 6.07) is 6.97. The third-order valence-electron chi connectivity index (χ3n) is 4.08. The minimum atomic E-state index is 0.467. The van der Waals surface area contributed by atoms with Crippen molar-refractivity contribution in [2.75, 3.05) is 14.2 Å². The Morgan fingerprint density at radius 3 is 2.47 bits per heavy atom. The summed E-state index contributed by atoms with van der Waals surface area (Å²) in [5, 5.41) is 3.46. The maximum Gasteiger partial charge on any atom is 0.121 e. The molecule has 1 aromatic carbocycles. The second kappa shape index (κ2) is 4.34. The van der Waals surface area contributed by atoms with Crippen molar-refractivity contribution in [2.24, 2.45) is 11.3 Å². The Labute approximate surface area is 104 Å². The van der Waals surface area contributed by atoms with Crippen LogP contribution in [0.4, 0.5) is 0 Å². The van der Waals surface area contributed by atoms with Crippen molar-refractivity contribution in [2.45, 2.75) is 33.2 Å². The minimum Gasteiger partial charge on any atom is -0.496 e. The summed E-state index contributed by atoms with van der Waals surface area (Å²) in [4.78, 5) is 0. The maximum atomic E-state index is 5.31. The predicted molar refractivity (Wildman–Crippen MR) is 71.4 cm³/mol. The van der Waals surface area contributed by atoms with Gasteiger partial charge in [0.25, 0.3) is 0 Å². The smallest absolute Gasteiger partial charge is 0.121 e. The first-order chi connectivity index (χ1) is 7.99. The van der Waals surface area contributed by atoms with Crippen LogP contribution in [0.1, 0.15) is 37.4 Å². The van der Waals surface area contributed by atoms with Crippen molar-refractivity contribution in [1.29, 1.82) is 0 Å². The lowest BCUT2D eigenvalue weighted by atomic mass is 9.96. The van der Waals surface area contributed by atoms with Crippen molar-refractivity contribution in [3.05, 3.63) is 29.3 Å². The molecule has 1 aliphatic carbocycles. The number of methoxy groups -OCH3 is 1. The Hall–Kier alpha value is -1.02. The SMILES string of the molecule is CNC(c1ccc(OC)c(C)c1)C1CC1(C)C. The molecule has 2 rings (SSSR count). The van der Waals surface area contributed by atoms with Gasteiger partial charge >= 0.3 is 0 Å². The average molecular weight is 233 g/mol.